The van der Waals surface area contributed by atoms with E-state index in [0.29, 0.717) is 5.71 Å². The van der Waals surface area contributed by atoms with Crippen LogP contribution in [-0.4, -0.2) is 29.9 Å². The molecule has 0 aromatic heterocycles. The van der Waals surface area contributed by atoms with E-state index in [9.17, 15) is 4.79 Å². The van der Waals surface area contributed by atoms with Crippen LogP contribution >= 0.6 is 11.8 Å². The minimum atomic E-state index is -0.264. The molecule has 0 aromatic rings. The second kappa shape index (κ2) is 3.76. The maximum Gasteiger partial charge on any atom is 0.354 e. The average Bonchev–Trinajstić information content (AvgIpc) is 2.26. The van der Waals surface area contributed by atoms with Crippen molar-refractivity contribution in [2.24, 2.45) is 4.99 Å². The maximum absolute atomic E-state index is 10.9. The van der Waals surface area contributed by atoms with Crippen molar-refractivity contribution in [3.8, 4) is 0 Å². The van der Waals surface area contributed by atoms with Crippen molar-refractivity contribution in [2.75, 3.05) is 12.0 Å². The monoisotopic (exact) mass is 173 g/mol. The van der Waals surface area contributed by atoms with E-state index in [1.54, 1.807) is 18.7 Å². The molecule has 0 spiro atoms. The molecule has 0 saturated carbocycles. The van der Waals surface area contributed by atoms with Gasteiger partial charge in [0.05, 0.1) is 0 Å². The standard InChI is InChI=1S/C7H11NO2S/c1-5-8-6(3-4-11-2)7(9)10-5/h5H,3-4H2,1-2H3. The molecule has 11 heavy (non-hydrogen) atoms. The lowest BCUT2D eigenvalue weighted by molar-refractivity contribution is -0.136. The summed E-state index contributed by atoms with van der Waals surface area (Å²) < 4.78 is 4.82. The normalized spacial score (nSPS) is 23.3. The predicted molar refractivity (Wildman–Crippen MR) is 46.0 cm³/mol. The minimum absolute atomic E-state index is 0.244. The molecule has 0 aromatic carbocycles. The zero-order valence-corrected chi connectivity index (χ0v) is 7.48. The van der Waals surface area contributed by atoms with Crippen molar-refractivity contribution in [1.82, 2.24) is 0 Å². The van der Waals surface area contributed by atoms with E-state index >= 15 is 0 Å². The summed E-state index contributed by atoms with van der Waals surface area (Å²) in [5, 5.41) is 0. The van der Waals surface area contributed by atoms with Crippen LogP contribution in [0.1, 0.15) is 13.3 Å². The first-order valence-corrected chi connectivity index (χ1v) is 4.90. The summed E-state index contributed by atoms with van der Waals surface area (Å²) in [7, 11) is 0. The Labute approximate surface area is 70.2 Å². The number of esters is 1. The molecular weight excluding hydrogens is 162 g/mol. The Kier molecular flexibility index (Phi) is 2.93. The number of cyclic esters (lactones) is 1. The van der Waals surface area contributed by atoms with E-state index in [2.05, 4.69) is 4.99 Å². The van der Waals surface area contributed by atoms with Gasteiger partial charge in [-0.1, -0.05) is 0 Å². The average molecular weight is 173 g/mol. The first-order chi connectivity index (χ1) is 5.24. The Morgan fingerprint density at radius 2 is 2.45 bits per heavy atom. The summed E-state index contributed by atoms with van der Waals surface area (Å²) >= 11 is 1.70. The SMILES string of the molecule is CSCCC1=NC(C)OC1=O. The van der Waals surface area contributed by atoms with Gasteiger partial charge >= 0.3 is 5.97 Å². The van der Waals surface area contributed by atoms with Crippen LogP contribution in [-0.2, 0) is 9.53 Å². The van der Waals surface area contributed by atoms with Gasteiger partial charge in [-0.2, -0.15) is 11.8 Å². The van der Waals surface area contributed by atoms with Crippen molar-refractivity contribution in [1.29, 1.82) is 0 Å². The largest absolute Gasteiger partial charge is 0.436 e. The van der Waals surface area contributed by atoms with Gasteiger partial charge in [0, 0.05) is 6.42 Å². The molecule has 1 aliphatic heterocycles. The fourth-order valence-corrected chi connectivity index (χ4v) is 1.28. The summed E-state index contributed by atoms with van der Waals surface area (Å²) in [5.41, 5.74) is 0.590. The number of thioether (sulfide) groups is 1. The molecule has 1 unspecified atom stereocenters. The van der Waals surface area contributed by atoms with Crippen LogP contribution in [0.4, 0.5) is 0 Å². The molecule has 1 aliphatic rings. The highest BCUT2D eigenvalue weighted by atomic mass is 32.2. The van der Waals surface area contributed by atoms with Gasteiger partial charge in [0.25, 0.3) is 0 Å². The highest BCUT2D eigenvalue weighted by Crippen LogP contribution is 2.09. The molecule has 1 rings (SSSR count). The van der Waals surface area contributed by atoms with E-state index < -0.39 is 0 Å². The number of ether oxygens (including phenoxy) is 1. The van der Waals surface area contributed by atoms with Gasteiger partial charge in [0.15, 0.2) is 6.23 Å². The Hall–Kier alpha value is -0.510. The lowest BCUT2D eigenvalue weighted by atomic mass is 10.3. The molecule has 0 amide bonds. The Morgan fingerprint density at radius 3 is 2.91 bits per heavy atom. The summed E-state index contributed by atoms with van der Waals surface area (Å²) in [4.78, 5) is 15.0. The molecule has 0 saturated heterocycles. The molecule has 0 aliphatic carbocycles. The first kappa shape index (κ1) is 8.59. The summed E-state index contributed by atoms with van der Waals surface area (Å²) in [6.45, 7) is 1.77. The van der Waals surface area contributed by atoms with Crippen molar-refractivity contribution in [2.45, 2.75) is 19.6 Å². The molecule has 0 radical (unpaired) electrons. The number of carbonyl (C=O) groups is 1. The molecule has 1 heterocycles. The molecular formula is C7H11NO2S. The van der Waals surface area contributed by atoms with Crippen molar-refractivity contribution >= 4 is 23.4 Å². The zero-order chi connectivity index (χ0) is 8.27. The Balaban J connectivity index is 2.43. The van der Waals surface area contributed by atoms with Crippen LogP contribution in [0.5, 0.6) is 0 Å². The van der Waals surface area contributed by atoms with Crippen LogP contribution in [0.3, 0.4) is 0 Å². The van der Waals surface area contributed by atoms with E-state index in [1.165, 1.54) is 0 Å². The van der Waals surface area contributed by atoms with Crippen LogP contribution < -0.4 is 0 Å². The van der Waals surface area contributed by atoms with E-state index in [4.69, 9.17) is 4.74 Å². The second-order valence-electron chi connectivity index (χ2n) is 2.32. The highest BCUT2D eigenvalue weighted by molar-refractivity contribution is 7.98. The Morgan fingerprint density at radius 1 is 1.73 bits per heavy atom. The second-order valence-corrected chi connectivity index (χ2v) is 3.31. The van der Waals surface area contributed by atoms with Crippen molar-refractivity contribution in [3.63, 3.8) is 0 Å². The van der Waals surface area contributed by atoms with Crippen LogP contribution in [0, 0.1) is 0 Å². The summed E-state index contributed by atoms with van der Waals surface area (Å²) in [6, 6.07) is 0. The van der Waals surface area contributed by atoms with Gasteiger partial charge in [0.1, 0.15) is 5.71 Å². The third kappa shape index (κ3) is 2.22. The van der Waals surface area contributed by atoms with E-state index in [1.807, 2.05) is 6.26 Å². The fourth-order valence-electron chi connectivity index (χ4n) is 0.887. The predicted octanol–water partition coefficient (Wildman–Crippen LogP) is 1.08. The molecule has 0 fully saturated rings. The van der Waals surface area contributed by atoms with Gasteiger partial charge < -0.3 is 4.74 Å². The molecule has 0 N–H and O–H groups in total. The Bertz CT molecular complexity index is 191. The van der Waals surface area contributed by atoms with Crippen LogP contribution in [0.2, 0.25) is 0 Å². The maximum atomic E-state index is 10.9. The van der Waals surface area contributed by atoms with Gasteiger partial charge in [-0.25, -0.2) is 9.79 Å². The smallest absolute Gasteiger partial charge is 0.354 e. The molecule has 0 bridgehead atoms. The van der Waals surface area contributed by atoms with Crippen LogP contribution in [0.25, 0.3) is 0 Å². The van der Waals surface area contributed by atoms with Gasteiger partial charge in [0.2, 0.25) is 0 Å². The van der Waals surface area contributed by atoms with Crippen molar-refractivity contribution < 1.29 is 9.53 Å². The fraction of sp³-hybridized carbons (Fsp3) is 0.714. The molecule has 1 atom stereocenters. The minimum Gasteiger partial charge on any atom is -0.436 e. The molecule has 4 heteroatoms. The number of hydrogen-bond acceptors (Lipinski definition) is 4. The third-order valence-electron chi connectivity index (χ3n) is 1.39. The number of carbonyl (C=O) groups excluding carboxylic acids is 1. The lowest BCUT2D eigenvalue weighted by Gasteiger charge is -1.95. The number of hydrogen-bond donors (Lipinski definition) is 0. The van der Waals surface area contributed by atoms with E-state index in [-0.39, 0.29) is 12.2 Å². The topological polar surface area (TPSA) is 38.7 Å². The van der Waals surface area contributed by atoms with Crippen molar-refractivity contribution in [3.05, 3.63) is 0 Å². The number of nitrogens with zero attached hydrogens (tertiary/aromatic N) is 1. The van der Waals surface area contributed by atoms with Gasteiger partial charge in [-0.3, -0.25) is 0 Å². The summed E-state index contributed by atoms with van der Waals surface area (Å²) in [6.07, 6.45) is 2.47. The van der Waals surface area contributed by atoms with Gasteiger partial charge in [-0.05, 0) is 18.9 Å². The molecule has 3 nitrogen and oxygen atoms in total. The van der Waals surface area contributed by atoms with Crippen LogP contribution in [0.15, 0.2) is 4.99 Å². The first-order valence-electron chi connectivity index (χ1n) is 3.50. The number of aliphatic imine (C=N–C) groups is 1. The summed E-state index contributed by atoms with van der Waals surface area (Å²) in [5.74, 6) is 0.687. The number of rotatable bonds is 3. The third-order valence-corrected chi connectivity index (χ3v) is 2.01. The quantitative estimate of drug-likeness (QED) is 0.599. The molecule has 62 valence electrons. The van der Waals surface area contributed by atoms with E-state index in [0.717, 1.165) is 12.2 Å². The zero-order valence-electron chi connectivity index (χ0n) is 6.66. The lowest BCUT2D eigenvalue weighted by Crippen LogP contribution is -2.11. The highest BCUT2D eigenvalue weighted by Gasteiger charge is 2.22. The van der Waals surface area contributed by atoms with Gasteiger partial charge in [-0.15, -0.1) is 0 Å².